The molecule has 6 rings (SSSR count). The van der Waals surface area contributed by atoms with Crippen molar-refractivity contribution in [3.05, 3.63) is 66.1 Å². The number of aromatic nitrogens is 4. The van der Waals surface area contributed by atoms with Crippen LogP contribution in [0.4, 0.5) is 11.6 Å². The number of nitrogens with zero attached hydrogens (tertiary/aromatic N) is 5. The van der Waals surface area contributed by atoms with Crippen molar-refractivity contribution in [2.45, 2.75) is 56.5 Å². The topological polar surface area (TPSA) is 105 Å². The molecule has 4 aromatic rings. The minimum absolute atomic E-state index is 0. The normalized spacial score (nSPS) is 19.7. The van der Waals surface area contributed by atoms with Crippen molar-refractivity contribution < 1.29 is 0 Å². The van der Waals surface area contributed by atoms with Crippen molar-refractivity contribution in [2.75, 3.05) is 5.32 Å². The van der Waals surface area contributed by atoms with Crippen LogP contribution in [-0.2, 0) is 0 Å². The van der Waals surface area contributed by atoms with Crippen LogP contribution in [0.5, 0.6) is 0 Å². The monoisotopic (exact) mass is 485 g/mol. The molecule has 0 atom stereocenters. The zero-order valence-corrected chi connectivity index (χ0v) is 20.2. The van der Waals surface area contributed by atoms with Crippen LogP contribution < -0.4 is 11.1 Å². The van der Waals surface area contributed by atoms with Gasteiger partial charge < -0.3 is 15.6 Å². The van der Waals surface area contributed by atoms with E-state index in [1.165, 1.54) is 18.4 Å². The van der Waals surface area contributed by atoms with Gasteiger partial charge in [-0.25, -0.2) is 15.0 Å². The molecule has 2 saturated carbocycles. The van der Waals surface area contributed by atoms with Crippen molar-refractivity contribution in [2.24, 2.45) is 5.73 Å². The van der Waals surface area contributed by atoms with E-state index in [9.17, 15) is 5.26 Å². The summed E-state index contributed by atoms with van der Waals surface area (Å²) in [6.45, 7) is 0. The van der Waals surface area contributed by atoms with E-state index in [2.05, 4.69) is 56.3 Å². The van der Waals surface area contributed by atoms with Crippen LogP contribution >= 0.6 is 12.4 Å². The van der Waals surface area contributed by atoms with E-state index in [1.54, 1.807) is 18.3 Å². The standard InChI is InChI=1S/C27H27N7.ClH/c28-15-17-9-10-30-26(11-17)33-27-14-20(18-1-2-18)12-24(32-27)19-3-8-23-25(13-19)34(16-31-23)22-6-4-21(29)5-7-22;/h3,8-14,16,18,21-22H,1-2,4-7,29H2,(H,30,32,33);1H/t21-,22-;. The Hall–Kier alpha value is -3.47. The highest BCUT2D eigenvalue weighted by molar-refractivity contribution is 5.85. The van der Waals surface area contributed by atoms with E-state index in [0.29, 0.717) is 29.4 Å². The molecular formula is C27H28ClN7. The van der Waals surface area contributed by atoms with Crippen molar-refractivity contribution in [3.63, 3.8) is 0 Å². The van der Waals surface area contributed by atoms with Crippen LogP contribution in [0.25, 0.3) is 22.3 Å². The van der Waals surface area contributed by atoms with Crippen molar-refractivity contribution >= 4 is 35.1 Å². The Kier molecular flexibility index (Phi) is 6.42. The Balaban J connectivity index is 0.00000253. The van der Waals surface area contributed by atoms with Crippen molar-refractivity contribution in [1.82, 2.24) is 19.5 Å². The molecule has 2 aliphatic carbocycles. The van der Waals surface area contributed by atoms with Crippen LogP contribution in [0.1, 0.15) is 61.6 Å². The van der Waals surface area contributed by atoms with Gasteiger partial charge in [-0.1, -0.05) is 6.07 Å². The molecule has 0 bridgehead atoms. The SMILES string of the molecule is Cl.N#Cc1ccnc(Nc2cc(C3CC3)cc(-c3ccc4ncn([C@H]5CC[C@H](N)CC5)c4c3)n2)c1. The van der Waals surface area contributed by atoms with Gasteiger partial charge in [0.05, 0.1) is 34.7 Å². The van der Waals surface area contributed by atoms with Crippen molar-refractivity contribution in [3.8, 4) is 17.3 Å². The minimum atomic E-state index is 0. The number of benzene rings is 1. The lowest BCUT2D eigenvalue weighted by Gasteiger charge is -2.27. The van der Waals surface area contributed by atoms with Gasteiger partial charge >= 0.3 is 0 Å². The van der Waals surface area contributed by atoms with E-state index in [0.717, 1.165) is 53.8 Å². The molecule has 178 valence electrons. The molecule has 8 heteroatoms. The second kappa shape index (κ2) is 9.65. The average molecular weight is 486 g/mol. The van der Waals surface area contributed by atoms with Gasteiger partial charge in [-0.3, -0.25) is 0 Å². The highest BCUT2D eigenvalue weighted by Gasteiger charge is 2.25. The fourth-order valence-electron chi connectivity index (χ4n) is 4.97. The van der Waals surface area contributed by atoms with Gasteiger partial charge in [-0.15, -0.1) is 12.4 Å². The zero-order valence-electron chi connectivity index (χ0n) is 19.4. The van der Waals surface area contributed by atoms with Crippen LogP contribution in [0, 0.1) is 11.3 Å². The molecular weight excluding hydrogens is 458 g/mol. The molecule has 3 aromatic heterocycles. The number of pyridine rings is 2. The number of anilines is 2. The largest absolute Gasteiger partial charge is 0.328 e. The Bertz CT molecular complexity index is 1390. The number of hydrogen-bond acceptors (Lipinski definition) is 6. The first kappa shape index (κ1) is 23.3. The van der Waals surface area contributed by atoms with Crippen LogP contribution in [0.3, 0.4) is 0 Å². The molecule has 0 saturated heterocycles. The lowest BCUT2D eigenvalue weighted by atomic mass is 9.91. The number of halogens is 1. The highest BCUT2D eigenvalue weighted by atomic mass is 35.5. The number of nitrogens with two attached hydrogens (primary N) is 1. The summed E-state index contributed by atoms with van der Waals surface area (Å²) in [7, 11) is 0. The Morgan fingerprint density at radius 2 is 1.77 bits per heavy atom. The first-order valence-corrected chi connectivity index (χ1v) is 12.0. The number of hydrogen-bond donors (Lipinski definition) is 2. The maximum absolute atomic E-state index is 9.21. The number of nitriles is 1. The highest BCUT2D eigenvalue weighted by Crippen LogP contribution is 2.42. The third kappa shape index (κ3) is 4.86. The summed E-state index contributed by atoms with van der Waals surface area (Å²) in [5.41, 5.74) is 12.2. The smallest absolute Gasteiger partial charge is 0.132 e. The van der Waals surface area contributed by atoms with Crippen LogP contribution in [0.15, 0.2) is 55.0 Å². The quantitative estimate of drug-likeness (QED) is 0.367. The molecule has 1 aromatic carbocycles. The lowest BCUT2D eigenvalue weighted by Crippen LogP contribution is -2.27. The van der Waals surface area contributed by atoms with Crippen LogP contribution in [0.2, 0.25) is 0 Å². The van der Waals surface area contributed by atoms with Gasteiger partial charge in [0.15, 0.2) is 0 Å². The summed E-state index contributed by atoms with van der Waals surface area (Å²) >= 11 is 0. The molecule has 0 unspecified atom stereocenters. The first-order chi connectivity index (χ1) is 16.7. The first-order valence-electron chi connectivity index (χ1n) is 12.0. The molecule has 0 spiro atoms. The predicted molar refractivity (Wildman–Crippen MR) is 140 cm³/mol. The predicted octanol–water partition coefficient (Wildman–Crippen LogP) is 5.85. The van der Waals surface area contributed by atoms with Gasteiger partial charge in [0.25, 0.3) is 0 Å². The van der Waals surface area contributed by atoms with Gasteiger partial charge in [-0.05, 0) is 86.4 Å². The van der Waals surface area contributed by atoms with Crippen LogP contribution in [-0.4, -0.2) is 25.6 Å². The zero-order chi connectivity index (χ0) is 23.1. The van der Waals surface area contributed by atoms with E-state index >= 15 is 0 Å². The minimum Gasteiger partial charge on any atom is -0.328 e. The number of nitrogens with one attached hydrogen (secondary N) is 1. The Morgan fingerprint density at radius 3 is 2.54 bits per heavy atom. The van der Waals surface area contributed by atoms with Crippen molar-refractivity contribution in [1.29, 1.82) is 5.26 Å². The maximum Gasteiger partial charge on any atom is 0.132 e. The molecule has 7 nitrogen and oxygen atoms in total. The molecule has 35 heavy (non-hydrogen) atoms. The maximum atomic E-state index is 9.21. The second-order valence-electron chi connectivity index (χ2n) is 9.54. The van der Waals surface area contributed by atoms with E-state index in [4.69, 9.17) is 10.7 Å². The Labute approximate surface area is 210 Å². The summed E-state index contributed by atoms with van der Waals surface area (Å²) in [4.78, 5) is 13.9. The van der Waals surface area contributed by atoms with E-state index in [-0.39, 0.29) is 12.4 Å². The third-order valence-electron chi connectivity index (χ3n) is 7.05. The average Bonchev–Trinajstić information content (AvgIpc) is 3.64. The summed E-state index contributed by atoms with van der Waals surface area (Å²) in [6.07, 6.45) is 10.3. The van der Waals surface area contributed by atoms with Gasteiger partial charge in [0.1, 0.15) is 11.6 Å². The van der Waals surface area contributed by atoms with Gasteiger partial charge in [-0.2, -0.15) is 5.26 Å². The summed E-state index contributed by atoms with van der Waals surface area (Å²) in [5.74, 6) is 1.95. The summed E-state index contributed by atoms with van der Waals surface area (Å²) in [6, 6.07) is 17.1. The molecule has 0 radical (unpaired) electrons. The summed E-state index contributed by atoms with van der Waals surface area (Å²) < 4.78 is 2.33. The second-order valence-corrected chi connectivity index (χ2v) is 9.54. The molecule has 3 N–H and O–H groups in total. The molecule has 3 heterocycles. The molecule has 0 aliphatic heterocycles. The molecule has 0 amide bonds. The Morgan fingerprint density at radius 1 is 0.943 bits per heavy atom. The number of rotatable bonds is 5. The van der Waals surface area contributed by atoms with E-state index < -0.39 is 0 Å². The van der Waals surface area contributed by atoms with E-state index in [1.807, 2.05) is 6.33 Å². The number of fused-ring (bicyclic) bond motifs is 1. The summed E-state index contributed by atoms with van der Waals surface area (Å²) in [5, 5.41) is 12.5. The van der Waals surface area contributed by atoms with Gasteiger partial charge in [0, 0.05) is 23.8 Å². The number of imidazole rings is 1. The van der Waals surface area contributed by atoms with Gasteiger partial charge in [0.2, 0.25) is 0 Å². The third-order valence-corrected chi connectivity index (χ3v) is 7.05. The molecule has 2 aliphatic rings. The molecule has 2 fully saturated rings. The fraction of sp³-hybridized carbons (Fsp3) is 0.333. The fourth-order valence-corrected chi connectivity index (χ4v) is 4.97. The lowest BCUT2D eigenvalue weighted by molar-refractivity contribution is 0.329.